The molecule has 2 aromatic heterocycles. The number of aromatic nitrogens is 2. The first-order valence-corrected chi connectivity index (χ1v) is 17.5. The van der Waals surface area contributed by atoms with E-state index in [0.29, 0.717) is 5.82 Å². The maximum absolute atomic E-state index is 14.2. The fraction of sp³-hybridized carbons (Fsp3) is 0.513. The van der Waals surface area contributed by atoms with Gasteiger partial charge in [0.1, 0.15) is 11.6 Å². The first-order chi connectivity index (χ1) is 22.9. The van der Waals surface area contributed by atoms with Gasteiger partial charge in [0.2, 0.25) is 0 Å². The van der Waals surface area contributed by atoms with Crippen LogP contribution in [0.25, 0.3) is 28.5 Å². The standard InChI is InChI=1S/C39H50FN5O3/c1-8-27-23-28(48-39(4,5)47-27)18-19-31-35(25-14-16-26(40)17-15-25)30-11-9-12-32-29(37(30)43-36(31)24(2)3)20-21-33(41-32)42-38(46)45-22-10-13-34(45)44(6)7/h14-21,24,27-28,34H,8-13,22-23H2,1-7H3,(H,41,42,46)/b19-18+/t27-,28+,34?/m0/s1. The van der Waals surface area contributed by atoms with E-state index in [1.54, 1.807) is 0 Å². The number of urea groups is 1. The van der Waals surface area contributed by atoms with E-state index in [-0.39, 0.29) is 36.1 Å². The zero-order chi connectivity index (χ0) is 34.2. The molecule has 1 aromatic carbocycles. The highest BCUT2D eigenvalue weighted by Crippen LogP contribution is 2.42. The minimum atomic E-state index is -0.668. The molecule has 6 rings (SSSR count). The molecule has 3 atom stereocenters. The predicted octanol–water partition coefficient (Wildman–Crippen LogP) is 8.41. The second kappa shape index (κ2) is 14.1. The number of amides is 2. The van der Waals surface area contributed by atoms with Gasteiger partial charge in [0.15, 0.2) is 5.79 Å². The monoisotopic (exact) mass is 655 g/mol. The second-order valence-corrected chi connectivity index (χ2v) is 14.3. The van der Waals surface area contributed by atoms with Gasteiger partial charge in [0, 0.05) is 24.1 Å². The Morgan fingerprint density at radius 2 is 1.88 bits per heavy atom. The fourth-order valence-electron chi connectivity index (χ4n) is 7.51. The van der Waals surface area contributed by atoms with Crippen molar-refractivity contribution in [1.29, 1.82) is 0 Å². The average molecular weight is 656 g/mol. The van der Waals surface area contributed by atoms with Gasteiger partial charge in [-0.2, -0.15) is 0 Å². The van der Waals surface area contributed by atoms with Gasteiger partial charge < -0.3 is 14.4 Å². The molecule has 256 valence electrons. The van der Waals surface area contributed by atoms with Crippen LogP contribution in [0.1, 0.15) is 95.2 Å². The van der Waals surface area contributed by atoms with E-state index >= 15 is 0 Å². The normalized spacial score (nSPS) is 22.2. The van der Waals surface area contributed by atoms with Gasteiger partial charge in [-0.05, 0) is 113 Å². The summed E-state index contributed by atoms with van der Waals surface area (Å²) in [6, 6.07) is 10.6. The molecule has 0 spiro atoms. The van der Waals surface area contributed by atoms with Crippen molar-refractivity contribution in [3.63, 3.8) is 0 Å². The number of rotatable bonds is 7. The number of fused-ring (bicyclic) bond motifs is 3. The lowest BCUT2D eigenvalue weighted by molar-refractivity contribution is -0.290. The van der Waals surface area contributed by atoms with Crippen molar-refractivity contribution >= 4 is 17.9 Å². The molecular formula is C39H50FN5O3. The Morgan fingerprint density at radius 1 is 1.10 bits per heavy atom. The van der Waals surface area contributed by atoms with Crippen molar-refractivity contribution in [3.05, 3.63) is 70.8 Å². The molecule has 2 saturated heterocycles. The van der Waals surface area contributed by atoms with Crippen molar-refractivity contribution in [3.8, 4) is 22.4 Å². The number of hydrogen-bond donors (Lipinski definition) is 1. The quantitative estimate of drug-likeness (QED) is 0.275. The van der Waals surface area contributed by atoms with Gasteiger partial charge in [-0.1, -0.05) is 45.1 Å². The largest absolute Gasteiger partial charge is 0.347 e. The van der Waals surface area contributed by atoms with Crippen molar-refractivity contribution in [2.75, 3.05) is 26.0 Å². The number of benzene rings is 1. The number of nitrogens with zero attached hydrogens (tertiary/aromatic N) is 4. The van der Waals surface area contributed by atoms with Gasteiger partial charge >= 0.3 is 6.03 Å². The van der Waals surface area contributed by atoms with Crippen molar-refractivity contribution in [2.24, 2.45) is 0 Å². The Balaban J connectivity index is 1.42. The van der Waals surface area contributed by atoms with Crippen molar-refractivity contribution < 1.29 is 18.7 Å². The van der Waals surface area contributed by atoms with Gasteiger partial charge in [0.05, 0.1) is 35.5 Å². The van der Waals surface area contributed by atoms with E-state index in [4.69, 9.17) is 19.4 Å². The number of hydrogen-bond acceptors (Lipinski definition) is 6. The minimum Gasteiger partial charge on any atom is -0.347 e. The summed E-state index contributed by atoms with van der Waals surface area (Å²) in [6.07, 6.45) is 10.5. The van der Waals surface area contributed by atoms with Crippen molar-refractivity contribution in [2.45, 2.75) is 110 Å². The maximum atomic E-state index is 14.2. The molecule has 2 amide bonds. The van der Waals surface area contributed by atoms with Crippen LogP contribution in [0.2, 0.25) is 0 Å². The maximum Gasteiger partial charge on any atom is 0.324 e. The van der Waals surface area contributed by atoms with Gasteiger partial charge in [-0.25, -0.2) is 14.2 Å². The zero-order valence-electron chi connectivity index (χ0n) is 29.5. The molecule has 3 aromatic rings. The van der Waals surface area contributed by atoms with Crippen LogP contribution < -0.4 is 5.32 Å². The summed E-state index contributed by atoms with van der Waals surface area (Å²) in [5, 5.41) is 3.07. The van der Waals surface area contributed by atoms with E-state index in [1.165, 1.54) is 12.1 Å². The molecule has 1 N–H and O–H groups in total. The molecule has 0 radical (unpaired) electrons. The number of nitrogens with one attached hydrogen (secondary N) is 1. The molecule has 8 nitrogen and oxygen atoms in total. The highest BCUT2D eigenvalue weighted by Gasteiger charge is 2.34. The summed E-state index contributed by atoms with van der Waals surface area (Å²) in [5.74, 6) is -0.261. The first kappa shape index (κ1) is 34.2. The Hall–Kier alpha value is -3.66. The van der Waals surface area contributed by atoms with E-state index in [9.17, 15) is 9.18 Å². The minimum absolute atomic E-state index is 0.0852. The average Bonchev–Trinajstić information content (AvgIpc) is 3.47. The third-order valence-corrected chi connectivity index (χ3v) is 9.74. The molecule has 3 aliphatic rings. The Kier molecular flexibility index (Phi) is 10.0. The third kappa shape index (κ3) is 7.19. The van der Waals surface area contributed by atoms with E-state index in [0.717, 1.165) is 96.4 Å². The topological polar surface area (TPSA) is 79.8 Å². The molecule has 2 aliphatic heterocycles. The Bertz CT molecular complexity index is 1670. The molecule has 4 heterocycles. The van der Waals surface area contributed by atoms with Crippen LogP contribution in [-0.2, 0) is 22.3 Å². The number of anilines is 1. The number of halogens is 1. The summed E-state index contributed by atoms with van der Waals surface area (Å²) in [4.78, 5) is 27.6. The van der Waals surface area contributed by atoms with Gasteiger partial charge in [-0.15, -0.1) is 0 Å². The summed E-state index contributed by atoms with van der Waals surface area (Å²) >= 11 is 0. The Morgan fingerprint density at radius 3 is 2.58 bits per heavy atom. The highest BCUT2D eigenvalue weighted by atomic mass is 19.1. The van der Waals surface area contributed by atoms with Crippen LogP contribution >= 0.6 is 0 Å². The van der Waals surface area contributed by atoms with E-state index in [2.05, 4.69) is 49.2 Å². The summed E-state index contributed by atoms with van der Waals surface area (Å²) in [7, 11) is 4.02. The highest BCUT2D eigenvalue weighted by molar-refractivity contribution is 5.90. The molecule has 0 saturated carbocycles. The number of pyridine rings is 2. The lowest BCUT2D eigenvalue weighted by atomic mass is 9.86. The number of likely N-dealkylation sites (tertiary alicyclic amines) is 1. The molecule has 48 heavy (non-hydrogen) atoms. The van der Waals surface area contributed by atoms with Crippen molar-refractivity contribution in [1.82, 2.24) is 19.8 Å². The lowest BCUT2D eigenvalue weighted by Gasteiger charge is -2.39. The predicted molar refractivity (Wildman–Crippen MR) is 189 cm³/mol. The molecule has 1 aliphatic carbocycles. The second-order valence-electron chi connectivity index (χ2n) is 14.3. The van der Waals surface area contributed by atoms with Crippen LogP contribution in [0, 0.1) is 5.82 Å². The van der Waals surface area contributed by atoms with E-state index in [1.807, 2.05) is 51.0 Å². The smallest absolute Gasteiger partial charge is 0.324 e. The Labute approximate surface area is 284 Å². The van der Waals surface area contributed by atoms with Gasteiger partial charge in [0.25, 0.3) is 0 Å². The SMILES string of the molecule is CC[C@H]1C[C@@H](/C=C/c2c(C(C)C)nc3c(c2-c2ccc(F)cc2)CCCc2nc(NC(=O)N4CCCC4N(C)C)ccc2-3)OC(C)(C)O1. The summed E-state index contributed by atoms with van der Waals surface area (Å²) in [6.45, 7) is 11.1. The molecule has 9 heteroatoms. The fourth-order valence-corrected chi connectivity index (χ4v) is 7.51. The summed E-state index contributed by atoms with van der Waals surface area (Å²) < 4.78 is 26.7. The number of carbonyl (C=O) groups is 1. The molecule has 0 bridgehead atoms. The molecule has 2 fully saturated rings. The van der Waals surface area contributed by atoms with Crippen LogP contribution in [0.4, 0.5) is 15.0 Å². The third-order valence-electron chi connectivity index (χ3n) is 9.74. The number of ether oxygens (including phenoxy) is 2. The molecule has 1 unspecified atom stereocenters. The van der Waals surface area contributed by atoms with Crippen LogP contribution in [0.5, 0.6) is 0 Å². The number of carbonyl (C=O) groups excluding carboxylic acids is 1. The molecular weight excluding hydrogens is 605 g/mol. The van der Waals surface area contributed by atoms with E-state index < -0.39 is 5.79 Å². The first-order valence-electron chi connectivity index (χ1n) is 17.5. The number of aryl methyl sites for hydroxylation is 1. The van der Waals surface area contributed by atoms with Gasteiger partial charge in [-0.3, -0.25) is 15.2 Å². The lowest BCUT2D eigenvalue weighted by Crippen LogP contribution is -2.45. The zero-order valence-corrected chi connectivity index (χ0v) is 29.5. The van der Waals surface area contributed by atoms with Crippen LogP contribution in [0.3, 0.4) is 0 Å². The van der Waals surface area contributed by atoms with Crippen LogP contribution in [-0.4, -0.2) is 70.6 Å². The summed E-state index contributed by atoms with van der Waals surface area (Å²) in [5.41, 5.74) is 7.99. The van der Waals surface area contributed by atoms with Crippen LogP contribution in [0.15, 0.2) is 42.5 Å².